The number of hydrogen-bond donors (Lipinski definition) is 4. The smallest absolute Gasteiger partial charge is 0.275 e. The van der Waals surface area contributed by atoms with Crippen molar-refractivity contribution in [2.45, 2.75) is 38.8 Å². The van der Waals surface area contributed by atoms with Crippen LogP contribution in [0.1, 0.15) is 48.4 Å². The van der Waals surface area contributed by atoms with Gasteiger partial charge in [0.1, 0.15) is 23.0 Å². The molecule has 1 amide bonds. The van der Waals surface area contributed by atoms with E-state index in [-0.39, 0.29) is 35.0 Å². The number of amidine groups is 1. The number of hydrogen-bond acceptors (Lipinski definition) is 8. The maximum Gasteiger partial charge on any atom is 0.275 e. The van der Waals surface area contributed by atoms with Crippen LogP contribution in [0.2, 0.25) is 0 Å². The lowest BCUT2D eigenvalue weighted by molar-refractivity contribution is 0.102. The van der Waals surface area contributed by atoms with Gasteiger partial charge in [-0.2, -0.15) is 5.10 Å². The number of hydrazone groups is 1. The summed E-state index contributed by atoms with van der Waals surface area (Å²) >= 11 is 0. The number of aromatic nitrogens is 2. The second-order valence-electron chi connectivity index (χ2n) is 7.50. The standard InChI is InChI=1S/C21H26FN9O/c1-12(2)31(25)20(30-24)17-4-3-5-19(28-17)29-21(32)18-8-15(16(22)11-27-18)13(9-23)10-26-14-6-7-14/h3-5,8-12,14H,6-7,23-25H2,1-2H3,(H,28,29,32)/b13-9+,26-10?,30-20-. The number of allylic oxidation sites excluding steroid dienone is 1. The first-order chi connectivity index (χ1) is 15.3. The summed E-state index contributed by atoms with van der Waals surface area (Å²) in [6.45, 7) is 3.74. The highest BCUT2D eigenvalue weighted by Crippen LogP contribution is 2.24. The summed E-state index contributed by atoms with van der Waals surface area (Å²) in [5.74, 6) is 10.8. The van der Waals surface area contributed by atoms with Crippen LogP contribution in [-0.4, -0.2) is 45.0 Å². The lowest BCUT2D eigenvalue weighted by Gasteiger charge is -2.23. The molecule has 1 saturated carbocycles. The first-order valence-corrected chi connectivity index (χ1v) is 10.1. The largest absolute Gasteiger partial charge is 0.404 e. The van der Waals surface area contributed by atoms with Crippen molar-refractivity contribution in [2.75, 3.05) is 5.32 Å². The Bertz CT molecular complexity index is 1080. The quantitative estimate of drug-likeness (QED) is 0.220. The summed E-state index contributed by atoms with van der Waals surface area (Å²) in [6.07, 6.45) is 5.74. The maximum absolute atomic E-state index is 14.4. The van der Waals surface area contributed by atoms with Crippen molar-refractivity contribution in [3.8, 4) is 0 Å². The molecule has 0 spiro atoms. The molecular weight excluding hydrogens is 413 g/mol. The highest BCUT2D eigenvalue weighted by molar-refractivity contribution is 6.11. The zero-order valence-electron chi connectivity index (χ0n) is 17.9. The molecule has 11 heteroatoms. The lowest BCUT2D eigenvalue weighted by atomic mass is 10.1. The van der Waals surface area contributed by atoms with E-state index in [2.05, 4.69) is 25.4 Å². The molecule has 1 fully saturated rings. The van der Waals surface area contributed by atoms with E-state index in [0.717, 1.165) is 19.0 Å². The molecule has 10 nitrogen and oxygen atoms in total. The van der Waals surface area contributed by atoms with Gasteiger partial charge in [-0.05, 0) is 44.9 Å². The molecule has 32 heavy (non-hydrogen) atoms. The monoisotopic (exact) mass is 439 g/mol. The number of rotatable bonds is 7. The first kappa shape index (κ1) is 22.8. The van der Waals surface area contributed by atoms with Gasteiger partial charge in [0.25, 0.3) is 5.91 Å². The molecule has 0 atom stereocenters. The molecule has 0 radical (unpaired) electrons. The average Bonchev–Trinajstić information content (AvgIpc) is 3.60. The van der Waals surface area contributed by atoms with Gasteiger partial charge >= 0.3 is 0 Å². The third-order valence-electron chi connectivity index (χ3n) is 4.69. The molecule has 0 aliphatic heterocycles. The predicted octanol–water partition coefficient (Wildman–Crippen LogP) is 1.61. The van der Waals surface area contributed by atoms with E-state index in [0.29, 0.717) is 11.3 Å². The molecule has 0 bridgehead atoms. The number of aliphatic imine (C=N–C) groups is 1. The van der Waals surface area contributed by atoms with Gasteiger partial charge in [-0.1, -0.05) is 6.07 Å². The minimum Gasteiger partial charge on any atom is -0.404 e. The summed E-state index contributed by atoms with van der Waals surface area (Å²) in [5.41, 5.74) is 6.51. The van der Waals surface area contributed by atoms with E-state index in [9.17, 15) is 9.18 Å². The highest BCUT2D eigenvalue weighted by Gasteiger charge is 2.20. The summed E-state index contributed by atoms with van der Waals surface area (Å²) in [5, 5.41) is 7.70. The fraction of sp³-hybridized carbons (Fsp3) is 0.286. The van der Waals surface area contributed by atoms with Crippen molar-refractivity contribution in [3.05, 3.63) is 59.4 Å². The van der Waals surface area contributed by atoms with Gasteiger partial charge in [-0.25, -0.2) is 20.2 Å². The number of pyridine rings is 2. The number of nitrogens with one attached hydrogen (secondary N) is 1. The Morgan fingerprint density at radius 3 is 2.72 bits per heavy atom. The molecule has 168 valence electrons. The number of nitrogens with two attached hydrogens (primary N) is 3. The molecule has 2 heterocycles. The predicted molar refractivity (Wildman–Crippen MR) is 122 cm³/mol. The number of nitrogens with zero attached hydrogens (tertiary/aromatic N) is 5. The molecule has 0 aromatic carbocycles. The van der Waals surface area contributed by atoms with Gasteiger partial charge in [0, 0.05) is 29.6 Å². The second-order valence-corrected chi connectivity index (χ2v) is 7.50. The molecule has 1 aliphatic rings. The molecule has 2 aromatic heterocycles. The van der Waals surface area contributed by atoms with E-state index >= 15 is 0 Å². The molecule has 0 unspecified atom stereocenters. The van der Waals surface area contributed by atoms with Crippen LogP contribution < -0.4 is 22.7 Å². The van der Waals surface area contributed by atoms with Crippen LogP contribution in [-0.2, 0) is 0 Å². The van der Waals surface area contributed by atoms with E-state index in [1.165, 1.54) is 23.5 Å². The van der Waals surface area contributed by atoms with Gasteiger partial charge in [-0.15, -0.1) is 0 Å². The van der Waals surface area contributed by atoms with Crippen molar-refractivity contribution in [2.24, 2.45) is 27.5 Å². The lowest BCUT2D eigenvalue weighted by Crippen LogP contribution is -2.44. The van der Waals surface area contributed by atoms with Crippen LogP contribution in [0.5, 0.6) is 0 Å². The number of halogens is 1. The van der Waals surface area contributed by atoms with Crippen LogP contribution in [0.4, 0.5) is 10.2 Å². The topological polar surface area (TPSA) is 161 Å². The Morgan fingerprint density at radius 2 is 2.09 bits per heavy atom. The van der Waals surface area contributed by atoms with Crippen molar-refractivity contribution in [1.29, 1.82) is 0 Å². The minimum atomic E-state index is -0.610. The summed E-state index contributed by atoms with van der Waals surface area (Å²) < 4.78 is 14.4. The van der Waals surface area contributed by atoms with Gasteiger partial charge in [0.05, 0.1) is 12.2 Å². The van der Waals surface area contributed by atoms with Crippen LogP contribution in [0.15, 0.2) is 46.8 Å². The Kier molecular flexibility index (Phi) is 7.11. The first-order valence-electron chi connectivity index (χ1n) is 10.1. The third-order valence-corrected chi connectivity index (χ3v) is 4.69. The fourth-order valence-corrected chi connectivity index (χ4v) is 2.71. The van der Waals surface area contributed by atoms with E-state index in [4.69, 9.17) is 17.4 Å². The van der Waals surface area contributed by atoms with Crippen molar-refractivity contribution >= 4 is 29.3 Å². The molecule has 7 N–H and O–H groups in total. The zero-order chi connectivity index (χ0) is 23.3. The number of amides is 1. The Morgan fingerprint density at radius 1 is 1.34 bits per heavy atom. The fourth-order valence-electron chi connectivity index (χ4n) is 2.71. The molecular formula is C21H26FN9O. The van der Waals surface area contributed by atoms with E-state index < -0.39 is 11.7 Å². The van der Waals surface area contributed by atoms with E-state index in [1.807, 2.05) is 13.8 Å². The molecule has 2 aromatic rings. The minimum absolute atomic E-state index is 0.0110. The maximum atomic E-state index is 14.4. The van der Waals surface area contributed by atoms with E-state index in [1.54, 1.807) is 18.2 Å². The SMILES string of the molecule is CC(C)N(N)/C(=N\N)c1cccc(NC(=O)c2cc(/C(C=NC3CC3)=C/N)c(F)cn2)n1. The summed E-state index contributed by atoms with van der Waals surface area (Å²) in [7, 11) is 0. The average molecular weight is 439 g/mol. The molecule has 0 saturated heterocycles. The van der Waals surface area contributed by atoms with Crippen molar-refractivity contribution in [3.63, 3.8) is 0 Å². The number of anilines is 1. The van der Waals surface area contributed by atoms with Gasteiger partial charge in [0.2, 0.25) is 0 Å². The number of carbonyl (C=O) groups excluding carboxylic acids is 1. The zero-order valence-corrected chi connectivity index (χ0v) is 17.9. The van der Waals surface area contributed by atoms with Crippen molar-refractivity contribution in [1.82, 2.24) is 15.0 Å². The third kappa shape index (κ3) is 5.43. The van der Waals surface area contributed by atoms with Crippen molar-refractivity contribution < 1.29 is 9.18 Å². The Hall–Kier alpha value is -3.86. The van der Waals surface area contributed by atoms with Crippen LogP contribution in [0.3, 0.4) is 0 Å². The van der Waals surface area contributed by atoms with Gasteiger partial charge < -0.3 is 16.9 Å². The molecule has 1 aliphatic carbocycles. The van der Waals surface area contributed by atoms with Crippen LogP contribution in [0, 0.1) is 5.82 Å². The second kappa shape index (κ2) is 9.96. The molecule has 3 rings (SSSR count). The van der Waals surface area contributed by atoms with Crippen LogP contribution >= 0.6 is 0 Å². The van der Waals surface area contributed by atoms with Crippen LogP contribution in [0.25, 0.3) is 5.57 Å². The summed E-state index contributed by atoms with van der Waals surface area (Å²) in [6, 6.07) is 6.41. The Balaban J connectivity index is 1.82. The number of hydrazine groups is 1. The Labute approximate surface area is 185 Å². The van der Waals surface area contributed by atoms with Gasteiger partial charge in [0.15, 0.2) is 5.84 Å². The highest BCUT2D eigenvalue weighted by atomic mass is 19.1. The van der Waals surface area contributed by atoms with Gasteiger partial charge in [-0.3, -0.25) is 14.8 Å². The normalized spacial score (nSPS) is 14.8. The number of carbonyl (C=O) groups is 1. The summed E-state index contributed by atoms with van der Waals surface area (Å²) in [4.78, 5) is 25.3.